The molecule has 21 heavy (non-hydrogen) atoms. The smallest absolute Gasteiger partial charge is 0.134 e. The van der Waals surface area contributed by atoms with Gasteiger partial charge in [-0.05, 0) is 42.8 Å². The molecule has 0 aliphatic rings. The molecule has 0 saturated heterocycles. The molecule has 1 aromatic heterocycles. The van der Waals surface area contributed by atoms with Crippen molar-refractivity contribution in [2.45, 2.75) is 19.9 Å². The molecule has 1 atom stereocenters. The fraction of sp³-hybridized carbons (Fsp3) is 0.222. The van der Waals surface area contributed by atoms with Crippen molar-refractivity contribution < 1.29 is 4.42 Å². The summed E-state index contributed by atoms with van der Waals surface area (Å²) in [5.41, 5.74) is 3.11. The van der Waals surface area contributed by atoms with Crippen LogP contribution in [0.25, 0.3) is 11.0 Å². The summed E-state index contributed by atoms with van der Waals surface area (Å²) in [6, 6.07) is 16.3. The maximum absolute atomic E-state index is 6.27. The Bertz CT molecular complexity index is 730. The number of benzene rings is 2. The lowest BCUT2D eigenvalue weighted by Crippen LogP contribution is -2.21. The first kappa shape index (κ1) is 14.2. The van der Waals surface area contributed by atoms with Crippen LogP contribution in [0.15, 0.2) is 52.9 Å². The number of hydrogen-bond donors (Lipinski definition) is 1. The lowest BCUT2D eigenvalue weighted by molar-refractivity contribution is 0.477. The van der Waals surface area contributed by atoms with E-state index >= 15 is 0 Å². The second-order valence-electron chi connectivity index (χ2n) is 5.19. The van der Waals surface area contributed by atoms with Gasteiger partial charge in [-0.15, -0.1) is 0 Å². The molecule has 0 radical (unpaired) electrons. The molecule has 3 aromatic rings. The van der Waals surface area contributed by atoms with Crippen LogP contribution in [0.3, 0.4) is 0 Å². The molecule has 0 bridgehead atoms. The molecule has 1 N–H and O–H groups in total. The minimum atomic E-state index is 0.0144. The predicted octanol–water partition coefficient (Wildman–Crippen LogP) is 5.09. The Hall–Kier alpha value is -1.77. The van der Waals surface area contributed by atoms with Gasteiger partial charge in [-0.3, -0.25) is 0 Å². The monoisotopic (exact) mass is 299 g/mol. The second-order valence-corrected chi connectivity index (χ2v) is 5.59. The van der Waals surface area contributed by atoms with Gasteiger partial charge in [-0.25, -0.2) is 0 Å². The Morgan fingerprint density at radius 2 is 1.95 bits per heavy atom. The van der Waals surface area contributed by atoms with Crippen LogP contribution >= 0.6 is 11.6 Å². The van der Waals surface area contributed by atoms with E-state index in [1.54, 1.807) is 0 Å². The first-order valence-electron chi connectivity index (χ1n) is 7.17. The van der Waals surface area contributed by atoms with Crippen molar-refractivity contribution in [2.24, 2.45) is 0 Å². The summed E-state index contributed by atoms with van der Waals surface area (Å²) in [6.45, 7) is 4.95. The largest absolute Gasteiger partial charge is 0.459 e. The standard InChI is InChI=1S/C18H18ClNO/c1-3-20-18(14-9-8-12(2)15(19)10-14)17-11-13-6-4-5-7-16(13)21-17/h4-11,18,20H,3H2,1-2H3. The SMILES string of the molecule is CCNC(c1ccc(C)c(Cl)c1)c1cc2ccccc2o1. The van der Waals surface area contributed by atoms with Crippen molar-refractivity contribution in [1.82, 2.24) is 5.32 Å². The van der Waals surface area contributed by atoms with Crippen LogP contribution in [0.2, 0.25) is 5.02 Å². The quantitative estimate of drug-likeness (QED) is 0.725. The molecule has 0 spiro atoms. The van der Waals surface area contributed by atoms with E-state index in [0.717, 1.165) is 39.4 Å². The van der Waals surface area contributed by atoms with Crippen molar-refractivity contribution in [1.29, 1.82) is 0 Å². The summed E-state index contributed by atoms with van der Waals surface area (Å²) >= 11 is 6.27. The van der Waals surface area contributed by atoms with Crippen LogP contribution in [0, 0.1) is 6.92 Å². The maximum atomic E-state index is 6.27. The molecule has 3 rings (SSSR count). The molecule has 1 heterocycles. The third-order valence-electron chi connectivity index (χ3n) is 3.67. The molecule has 3 heteroatoms. The zero-order valence-electron chi connectivity index (χ0n) is 12.2. The van der Waals surface area contributed by atoms with Crippen LogP contribution in [-0.4, -0.2) is 6.54 Å². The Labute approximate surface area is 129 Å². The van der Waals surface area contributed by atoms with Crippen molar-refractivity contribution in [2.75, 3.05) is 6.54 Å². The van der Waals surface area contributed by atoms with Crippen molar-refractivity contribution in [3.63, 3.8) is 0 Å². The topological polar surface area (TPSA) is 25.2 Å². The summed E-state index contributed by atoms with van der Waals surface area (Å²) in [7, 11) is 0. The Balaban J connectivity index is 2.05. The number of aryl methyl sites for hydroxylation is 1. The average molecular weight is 300 g/mol. The summed E-state index contributed by atoms with van der Waals surface area (Å²) in [5, 5.41) is 5.37. The zero-order chi connectivity index (χ0) is 14.8. The Kier molecular flexibility index (Phi) is 4.00. The van der Waals surface area contributed by atoms with E-state index in [-0.39, 0.29) is 6.04 Å². The van der Waals surface area contributed by atoms with Gasteiger partial charge in [0.2, 0.25) is 0 Å². The Morgan fingerprint density at radius 1 is 1.14 bits per heavy atom. The summed E-state index contributed by atoms with van der Waals surface area (Å²) in [6.07, 6.45) is 0. The fourth-order valence-electron chi connectivity index (χ4n) is 2.52. The highest BCUT2D eigenvalue weighted by Gasteiger charge is 2.18. The molecule has 0 fully saturated rings. The summed E-state index contributed by atoms with van der Waals surface area (Å²) in [5.74, 6) is 0.915. The number of nitrogens with one attached hydrogen (secondary N) is 1. The first-order valence-corrected chi connectivity index (χ1v) is 7.54. The fourth-order valence-corrected chi connectivity index (χ4v) is 2.71. The molecule has 0 saturated carbocycles. The van der Waals surface area contributed by atoms with Crippen LogP contribution in [0.1, 0.15) is 29.9 Å². The maximum Gasteiger partial charge on any atom is 0.134 e. The first-order chi connectivity index (χ1) is 10.2. The molecule has 0 amide bonds. The lowest BCUT2D eigenvalue weighted by atomic mass is 10.0. The third kappa shape index (κ3) is 2.82. The minimum absolute atomic E-state index is 0.0144. The van der Waals surface area contributed by atoms with Gasteiger partial charge in [0.1, 0.15) is 11.3 Å². The lowest BCUT2D eigenvalue weighted by Gasteiger charge is -2.16. The number of rotatable bonds is 4. The van der Waals surface area contributed by atoms with E-state index in [1.807, 2.05) is 37.3 Å². The second kappa shape index (κ2) is 5.92. The zero-order valence-corrected chi connectivity index (χ0v) is 12.9. The van der Waals surface area contributed by atoms with Gasteiger partial charge >= 0.3 is 0 Å². The molecular weight excluding hydrogens is 282 g/mol. The van der Waals surface area contributed by atoms with Crippen LogP contribution in [0.5, 0.6) is 0 Å². The highest BCUT2D eigenvalue weighted by atomic mass is 35.5. The summed E-state index contributed by atoms with van der Waals surface area (Å²) < 4.78 is 6.00. The van der Waals surface area contributed by atoms with Crippen molar-refractivity contribution >= 4 is 22.6 Å². The van der Waals surface area contributed by atoms with Crippen molar-refractivity contribution in [3.8, 4) is 0 Å². The average Bonchev–Trinajstić information content (AvgIpc) is 2.91. The molecule has 0 aliphatic heterocycles. The number of para-hydroxylation sites is 1. The van der Waals surface area contributed by atoms with Crippen LogP contribution < -0.4 is 5.32 Å². The molecular formula is C18H18ClNO. The molecule has 2 aromatic carbocycles. The highest BCUT2D eigenvalue weighted by Crippen LogP contribution is 2.30. The van der Waals surface area contributed by atoms with Gasteiger partial charge < -0.3 is 9.73 Å². The van der Waals surface area contributed by atoms with Gasteiger partial charge in [-0.2, -0.15) is 0 Å². The van der Waals surface area contributed by atoms with E-state index in [9.17, 15) is 0 Å². The number of furan rings is 1. The van der Waals surface area contributed by atoms with Gasteiger partial charge in [-0.1, -0.05) is 48.9 Å². The molecule has 1 unspecified atom stereocenters. The molecule has 2 nitrogen and oxygen atoms in total. The van der Waals surface area contributed by atoms with Gasteiger partial charge in [0.15, 0.2) is 0 Å². The highest BCUT2D eigenvalue weighted by molar-refractivity contribution is 6.31. The molecule has 108 valence electrons. The van der Waals surface area contributed by atoms with Gasteiger partial charge in [0, 0.05) is 10.4 Å². The third-order valence-corrected chi connectivity index (χ3v) is 4.07. The number of hydrogen-bond acceptors (Lipinski definition) is 2. The normalized spacial score (nSPS) is 12.7. The van der Waals surface area contributed by atoms with Gasteiger partial charge in [0.05, 0.1) is 6.04 Å². The van der Waals surface area contributed by atoms with E-state index in [4.69, 9.17) is 16.0 Å². The van der Waals surface area contributed by atoms with Crippen LogP contribution in [-0.2, 0) is 0 Å². The van der Waals surface area contributed by atoms with Crippen molar-refractivity contribution in [3.05, 3.63) is 70.4 Å². The summed E-state index contributed by atoms with van der Waals surface area (Å²) in [4.78, 5) is 0. The van der Waals surface area contributed by atoms with E-state index in [0.29, 0.717) is 0 Å². The van der Waals surface area contributed by atoms with Crippen LogP contribution in [0.4, 0.5) is 0 Å². The molecule has 0 aliphatic carbocycles. The Morgan fingerprint density at radius 3 is 2.67 bits per heavy atom. The number of halogens is 1. The van der Waals surface area contributed by atoms with Gasteiger partial charge in [0.25, 0.3) is 0 Å². The van der Waals surface area contributed by atoms with E-state index < -0.39 is 0 Å². The predicted molar refractivity (Wildman–Crippen MR) is 87.9 cm³/mol. The van der Waals surface area contributed by atoms with E-state index in [2.05, 4.69) is 30.4 Å². The van der Waals surface area contributed by atoms with E-state index in [1.165, 1.54) is 0 Å². The minimum Gasteiger partial charge on any atom is -0.459 e. The number of fused-ring (bicyclic) bond motifs is 1.